The summed E-state index contributed by atoms with van der Waals surface area (Å²) in [4.78, 5) is 56.3. The number of carbonyl (C=O) groups is 4. The maximum absolute atomic E-state index is 13.5. The summed E-state index contributed by atoms with van der Waals surface area (Å²) in [7, 11) is 2.04. The topological polar surface area (TPSA) is 129 Å². The molecule has 1 saturated carbocycles. The Morgan fingerprint density at radius 3 is 2.18 bits per heavy atom. The van der Waals surface area contributed by atoms with Crippen molar-refractivity contribution in [1.82, 2.24) is 35.5 Å². The van der Waals surface area contributed by atoms with Crippen LogP contribution in [0.25, 0.3) is 0 Å². The molecule has 2 aromatic rings. The molecule has 1 aromatic heterocycles. The number of nitrogens with zero attached hydrogens (tertiary/aromatic N) is 4. The average molecular weight is 608 g/mol. The zero-order valence-electron chi connectivity index (χ0n) is 26.5. The van der Waals surface area contributed by atoms with E-state index in [2.05, 4.69) is 25.9 Å². The molecule has 240 valence electrons. The lowest BCUT2D eigenvalue weighted by atomic mass is 9.91. The Balaban J connectivity index is 1.39. The van der Waals surface area contributed by atoms with E-state index in [-0.39, 0.29) is 29.5 Å². The van der Waals surface area contributed by atoms with Gasteiger partial charge in [0, 0.05) is 58.3 Å². The van der Waals surface area contributed by atoms with Crippen LogP contribution in [0.3, 0.4) is 0 Å². The lowest BCUT2D eigenvalue weighted by Gasteiger charge is -2.34. The summed E-state index contributed by atoms with van der Waals surface area (Å²) >= 11 is 0. The summed E-state index contributed by atoms with van der Waals surface area (Å²) in [6, 6.07) is 8.20. The van der Waals surface area contributed by atoms with Crippen LogP contribution >= 0.6 is 0 Å². The van der Waals surface area contributed by atoms with Gasteiger partial charge in [0.2, 0.25) is 17.7 Å². The predicted octanol–water partition coefficient (Wildman–Crippen LogP) is 2.50. The van der Waals surface area contributed by atoms with Crippen LogP contribution in [0.15, 0.2) is 36.5 Å². The van der Waals surface area contributed by atoms with Crippen LogP contribution in [0.1, 0.15) is 80.4 Å². The largest absolute Gasteiger partial charge is 0.350 e. The first-order valence-electron chi connectivity index (χ1n) is 16.2. The molecule has 44 heavy (non-hydrogen) atoms. The van der Waals surface area contributed by atoms with Crippen molar-refractivity contribution in [3.05, 3.63) is 53.3 Å². The summed E-state index contributed by atoms with van der Waals surface area (Å²) in [5.74, 6) is -0.586. The molecule has 0 spiro atoms. The fraction of sp³-hybridized carbons (Fsp3) is 0.606. The Hall–Kier alpha value is -3.73. The number of rotatable bonds is 12. The molecule has 11 heteroatoms. The number of hydrogen-bond donors (Lipinski definition) is 3. The third-order valence-corrected chi connectivity index (χ3v) is 8.89. The zero-order chi connectivity index (χ0) is 31.5. The van der Waals surface area contributed by atoms with Crippen molar-refractivity contribution in [1.29, 1.82) is 0 Å². The van der Waals surface area contributed by atoms with Crippen molar-refractivity contribution in [3.63, 3.8) is 0 Å². The number of benzene rings is 1. The molecule has 11 nitrogen and oxygen atoms in total. The van der Waals surface area contributed by atoms with Crippen molar-refractivity contribution in [3.8, 4) is 0 Å². The van der Waals surface area contributed by atoms with E-state index in [0.717, 1.165) is 62.7 Å². The highest BCUT2D eigenvalue weighted by molar-refractivity contribution is 5.96. The first-order chi connectivity index (χ1) is 21.3. The Labute approximate surface area is 261 Å². The zero-order valence-corrected chi connectivity index (χ0v) is 26.5. The van der Waals surface area contributed by atoms with Gasteiger partial charge >= 0.3 is 0 Å². The molecular formula is C33H49N7O4. The lowest BCUT2D eigenvalue weighted by Crippen LogP contribution is -2.54. The quantitative estimate of drug-likeness (QED) is 0.318. The van der Waals surface area contributed by atoms with Crippen molar-refractivity contribution in [2.45, 2.75) is 90.4 Å². The van der Waals surface area contributed by atoms with Gasteiger partial charge in [0.05, 0.1) is 0 Å². The SMILES string of the molecule is CCC(=O)N[C@H](Cc1ccc(CNC(=O)[C@@H](NC(=O)c2ccnn2CC)C2CCCCCC2)cc1)C(=O)N1CCN(C)CC1. The number of aromatic nitrogens is 2. The van der Waals surface area contributed by atoms with Crippen LogP contribution < -0.4 is 16.0 Å². The first kappa shape index (κ1) is 33.2. The Morgan fingerprint density at radius 2 is 1.55 bits per heavy atom. The van der Waals surface area contributed by atoms with Crippen molar-refractivity contribution < 1.29 is 19.2 Å². The maximum Gasteiger partial charge on any atom is 0.270 e. The smallest absolute Gasteiger partial charge is 0.270 e. The fourth-order valence-electron chi connectivity index (χ4n) is 6.11. The summed E-state index contributed by atoms with van der Waals surface area (Å²) in [6.07, 6.45) is 8.53. The van der Waals surface area contributed by atoms with Gasteiger partial charge in [-0.3, -0.25) is 23.9 Å². The highest BCUT2D eigenvalue weighted by atomic mass is 16.2. The van der Waals surface area contributed by atoms with Gasteiger partial charge in [-0.2, -0.15) is 5.10 Å². The van der Waals surface area contributed by atoms with Gasteiger partial charge in [0.15, 0.2) is 0 Å². The van der Waals surface area contributed by atoms with E-state index in [0.29, 0.717) is 44.7 Å². The fourth-order valence-corrected chi connectivity index (χ4v) is 6.11. The molecule has 4 rings (SSSR count). The van der Waals surface area contributed by atoms with E-state index < -0.39 is 12.1 Å². The third kappa shape index (κ3) is 9.14. The minimum atomic E-state index is -0.622. The van der Waals surface area contributed by atoms with Crippen LogP contribution in [0.5, 0.6) is 0 Å². The molecule has 0 unspecified atom stereocenters. The lowest BCUT2D eigenvalue weighted by molar-refractivity contribution is -0.137. The molecule has 2 fully saturated rings. The van der Waals surface area contributed by atoms with Gasteiger partial charge in [0.25, 0.3) is 5.91 Å². The van der Waals surface area contributed by atoms with Gasteiger partial charge in [-0.05, 0) is 49.9 Å². The second-order valence-electron chi connectivity index (χ2n) is 12.1. The van der Waals surface area contributed by atoms with Crippen LogP contribution in [0.4, 0.5) is 0 Å². The van der Waals surface area contributed by atoms with Crippen LogP contribution in [-0.2, 0) is 33.9 Å². The predicted molar refractivity (Wildman–Crippen MR) is 169 cm³/mol. The molecule has 2 heterocycles. The van der Waals surface area contributed by atoms with Gasteiger partial charge < -0.3 is 25.8 Å². The molecule has 1 saturated heterocycles. The first-order valence-corrected chi connectivity index (χ1v) is 16.2. The Bertz CT molecular complexity index is 1250. The maximum atomic E-state index is 13.5. The van der Waals surface area contributed by atoms with Gasteiger partial charge in [-0.25, -0.2) is 0 Å². The summed E-state index contributed by atoms with van der Waals surface area (Å²) < 4.78 is 1.63. The number of aryl methyl sites for hydroxylation is 1. The number of amides is 4. The molecule has 4 amide bonds. The number of piperazine rings is 1. The average Bonchev–Trinajstić information content (AvgIpc) is 3.37. The van der Waals surface area contributed by atoms with Gasteiger partial charge in [0.1, 0.15) is 17.8 Å². The van der Waals surface area contributed by atoms with E-state index >= 15 is 0 Å². The number of hydrogen-bond acceptors (Lipinski definition) is 6. The monoisotopic (exact) mass is 607 g/mol. The van der Waals surface area contributed by atoms with Crippen LogP contribution in [0, 0.1) is 5.92 Å². The van der Waals surface area contributed by atoms with Crippen LogP contribution in [-0.4, -0.2) is 88.5 Å². The molecule has 3 N–H and O–H groups in total. The molecule has 1 aliphatic carbocycles. The highest BCUT2D eigenvalue weighted by Crippen LogP contribution is 2.26. The Morgan fingerprint density at radius 1 is 0.886 bits per heavy atom. The van der Waals surface area contributed by atoms with Crippen molar-refractivity contribution in [2.75, 3.05) is 33.2 Å². The number of carbonyl (C=O) groups excluding carboxylic acids is 4. The third-order valence-electron chi connectivity index (χ3n) is 8.89. The molecule has 1 aliphatic heterocycles. The normalized spacial score (nSPS) is 17.8. The molecule has 2 aliphatic rings. The Kier molecular flexibility index (Phi) is 12.3. The number of nitrogens with one attached hydrogen (secondary N) is 3. The van der Waals surface area contributed by atoms with Gasteiger partial charge in [-0.1, -0.05) is 56.9 Å². The summed E-state index contributed by atoms with van der Waals surface area (Å²) in [6.45, 7) is 7.53. The molecule has 0 radical (unpaired) electrons. The van der Waals surface area contributed by atoms with E-state index in [1.165, 1.54) is 0 Å². The molecule has 2 atom stereocenters. The molecular weight excluding hydrogens is 558 g/mol. The standard InChI is InChI=1S/C33H49N7O4/c1-4-29(41)36-27(33(44)39-20-18-38(3)19-21-39)22-24-12-14-25(15-13-24)23-34-32(43)30(26-10-8-6-7-9-11-26)37-31(42)28-16-17-35-40(28)5-2/h12-17,26-27,30H,4-11,18-23H2,1-3H3,(H,34,43)(H,36,41)(H,37,42)/t27-,30+/m1/s1. The minimum Gasteiger partial charge on any atom is -0.350 e. The second-order valence-corrected chi connectivity index (χ2v) is 12.1. The van der Waals surface area contributed by atoms with Gasteiger partial charge in [-0.15, -0.1) is 0 Å². The summed E-state index contributed by atoms with van der Waals surface area (Å²) in [5, 5.41) is 13.2. The number of likely N-dealkylation sites (N-methyl/N-ethyl adjacent to an activating group) is 1. The van der Waals surface area contributed by atoms with E-state index in [1.807, 2.05) is 43.1 Å². The molecule has 0 bridgehead atoms. The van der Waals surface area contributed by atoms with E-state index in [1.54, 1.807) is 23.9 Å². The minimum absolute atomic E-state index is 0.0511. The summed E-state index contributed by atoms with van der Waals surface area (Å²) in [5.41, 5.74) is 2.30. The van der Waals surface area contributed by atoms with E-state index in [9.17, 15) is 19.2 Å². The molecule has 1 aromatic carbocycles. The second kappa shape index (κ2) is 16.4. The van der Waals surface area contributed by atoms with E-state index in [4.69, 9.17) is 0 Å². The van der Waals surface area contributed by atoms with Crippen molar-refractivity contribution >= 4 is 23.6 Å². The highest BCUT2D eigenvalue weighted by Gasteiger charge is 2.31. The van der Waals surface area contributed by atoms with Crippen molar-refractivity contribution in [2.24, 2.45) is 5.92 Å². The van der Waals surface area contributed by atoms with Crippen LogP contribution in [0.2, 0.25) is 0 Å².